The van der Waals surface area contributed by atoms with Gasteiger partial charge in [0.1, 0.15) is 12.7 Å². The molecule has 10 heteroatoms. The number of hydrogen-bond donors (Lipinski definition) is 2. The molecule has 2 aliphatic heterocycles. The molecular formula is C27H31F3N6O. The average Bonchev–Trinajstić information content (AvgIpc) is 3.61. The Bertz CT molecular complexity index is 1210. The number of rotatable bonds is 5. The lowest BCUT2D eigenvalue weighted by Gasteiger charge is -2.27. The molecule has 3 heterocycles. The minimum atomic E-state index is -4.50. The minimum Gasteiger partial charge on any atom is -0.330 e. The van der Waals surface area contributed by atoms with Crippen LogP contribution in [0.5, 0.6) is 0 Å². The number of hydrogen-bond acceptors (Lipinski definition) is 5. The predicted octanol–water partition coefficient (Wildman–Crippen LogP) is 4.72. The molecule has 0 spiro atoms. The molecule has 1 amide bonds. The van der Waals surface area contributed by atoms with Crippen LogP contribution in [-0.4, -0.2) is 45.6 Å². The minimum absolute atomic E-state index is 0.0453. The van der Waals surface area contributed by atoms with E-state index in [0.29, 0.717) is 36.2 Å². The standard InChI is InChI=1S/C25H28F3N3O.C2H3N3/c26-25(27,28)23-10-17(14-30-8-7-16(12-29)13-30)9-21-22(23)15-31(24(21)32)20-6-2-5-19(11-20)18-3-1-4-18;1-3-2-5-4-1/h2,5-6,9-11,16,18H,1,3-4,7-8,12-15,29H2;1-2H,(H,3,4,5). The zero-order valence-electron chi connectivity index (χ0n) is 20.5. The monoisotopic (exact) mass is 512 g/mol. The summed E-state index contributed by atoms with van der Waals surface area (Å²) in [5, 5.41) is 5.99. The highest BCUT2D eigenvalue weighted by molar-refractivity contribution is 6.10. The molecule has 1 saturated carbocycles. The maximum atomic E-state index is 14.0. The zero-order chi connectivity index (χ0) is 26.0. The number of nitrogens with zero attached hydrogens (tertiary/aromatic N) is 4. The summed E-state index contributed by atoms with van der Waals surface area (Å²) in [5.74, 6) is 0.524. The first-order valence-electron chi connectivity index (χ1n) is 12.7. The fraction of sp³-hybridized carbons (Fsp3) is 0.444. The van der Waals surface area contributed by atoms with Gasteiger partial charge in [0.2, 0.25) is 0 Å². The van der Waals surface area contributed by atoms with Crippen LogP contribution >= 0.6 is 0 Å². The second-order valence-corrected chi connectivity index (χ2v) is 10.1. The van der Waals surface area contributed by atoms with Gasteiger partial charge in [-0.2, -0.15) is 18.3 Å². The molecule has 3 N–H and O–H groups in total. The third-order valence-electron chi connectivity index (χ3n) is 7.61. The molecule has 1 saturated heterocycles. The van der Waals surface area contributed by atoms with Crippen LogP contribution in [0.3, 0.4) is 0 Å². The van der Waals surface area contributed by atoms with Crippen LogP contribution in [0.15, 0.2) is 49.1 Å². The van der Waals surface area contributed by atoms with E-state index in [4.69, 9.17) is 5.73 Å². The molecule has 3 aromatic rings. The number of amides is 1. The first-order valence-corrected chi connectivity index (χ1v) is 12.7. The van der Waals surface area contributed by atoms with Gasteiger partial charge in [-0.15, -0.1) is 0 Å². The number of aromatic nitrogens is 3. The molecule has 2 fully saturated rings. The number of H-pyrrole nitrogens is 1. The van der Waals surface area contributed by atoms with Crippen molar-refractivity contribution in [3.05, 3.63) is 76.9 Å². The van der Waals surface area contributed by atoms with E-state index < -0.39 is 11.7 Å². The molecule has 3 aliphatic rings. The lowest BCUT2D eigenvalue weighted by molar-refractivity contribution is -0.138. The summed E-state index contributed by atoms with van der Waals surface area (Å²) in [6.45, 7) is 2.53. The van der Waals surface area contributed by atoms with Gasteiger partial charge in [-0.05, 0) is 85.1 Å². The van der Waals surface area contributed by atoms with Crippen LogP contribution in [0.2, 0.25) is 0 Å². The molecule has 0 radical (unpaired) electrons. The van der Waals surface area contributed by atoms with Gasteiger partial charge in [0, 0.05) is 24.3 Å². The van der Waals surface area contributed by atoms with E-state index in [1.807, 2.05) is 24.3 Å². The normalized spacial score (nSPS) is 19.9. The number of carbonyl (C=O) groups excluding carboxylic acids is 1. The first-order chi connectivity index (χ1) is 17.8. The number of aromatic amines is 1. The SMILES string of the molecule is NCC1CCN(Cc2cc3c(c(C(F)(F)F)c2)CN(c2cccc(C4CCC4)c2)C3=O)C1.c1nc[nH]n1. The number of alkyl halides is 3. The van der Waals surface area contributed by atoms with Gasteiger partial charge in [-0.3, -0.25) is 14.8 Å². The molecule has 1 aromatic heterocycles. The van der Waals surface area contributed by atoms with Crippen molar-refractivity contribution in [3.8, 4) is 0 Å². The van der Waals surface area contributed by atoms with Gasteiger partial charge in [0.15, 0.2) is 0 Å². The maximum absolute atomic E-state index is 14.0. The topological polar surface area (TPSA) is 91.1 Å². The molecule has 2 aromatic carbocycles. The van der Waals surface area contributed by atoms with Crippen LogP contribution in [0, 0.1) is 5.92 Å². The molecule has 1 unspecified atom stereocenters. The molecule has 1 aliphatic carbocycles. The average molecular weight is 513 g/mol. The number of benzene rings is 2. The summed E-state index contributed by atoms with van der Waals surface area (Å²) in [6, 6.07) is 10.6. The number of carbonyl (C=O) groups is 1. The number of nitrogens with one attached hydrogen (secondary N) is 1. The van der Waals surface area contributed by atoms with Crippen molar-refractivity contribution < 1.29 is 18.0 Å². The lowest BCUT2D eigenvalue weighted by Crippen LogP contribution is -2.24. The Hall–Kier alpha value is -3.24. The van der Waals surface area contributed by atoms with E-state index in [0.717, 1.165) is 37.9 Å². The van der Waals surface area contributed by atoms with Crippen molar-refractivity contribution in [1.82, 2.24) is 20.1 Å². The summed E-state index contributed by atoms with van der Waals surface area (Å²) in [4.78, 5) is 20.4. The number of anilines is 1. The molecule has 6 rings (SSSR count). The third-order valence-corrected chi connectivity index (χ3v) is 7.61. The Labute approximate surface area is 213 Å². The third kappa shape index (κ3) is 5.55. The van der Waals surface area contributed by atoms with Crippen molar-refractivity contribution in [2.75, 3.05) is 24.5 Å². The van der Waals surface area contributed by atoms with E-state index in [1.54, 1.807) is 6.07 Å². The Morgan fingerprint density at radius 3 is 2.57 bits per heavy atom. The van der Waals surface area contributed by atoms with Gasteiger partial charge >= 0.3 is 6.18 Å². The molecular weight excluding hydrogens is 481 g/mol. The van der Waals surface area contributed by atoms with E-state index in [-0.39, 0.29) is 23.6 Å². The Balaban J connectivity index is 0.000000503. The quantitative estimate of drug-likeness (QED) is 0.516. The van der Waals surface area contributed by atoms with E-state index in [2.05, 4.69) is 20.1 Å². The molecule has 1 atom stereocenters. The van der Waals surface area contributed by atoms with E-state index in [9.17, 15) is 18.0 Å². The van der Waals surface area contributed by atoms with Gasteiger partial charge in [0.25, 0.3) is 5.91 Å². The van der Waals surface area contributed by atoms with Crippen molar-refractivity contribution in [3.63, 3.8) is 0 Å². The van der Waals surface area contributed by atoms with Crippen molar-refractivity contribution in [2.24, 2.45) is 11.7 Å². The van der Waals surface area contributed by atoms with E-state index in [1.165, 1.54) is 30.0 Å². The molecule has 0 bridgehead atoms. The predicted molar refractivity (Wildman–Crippen MR) is 134 cm³/mol. The van der Waals surface area contributed by atoms with Crippen LogP contribution in [-0.2, 0) is 19.3 Å². The van der Waals surface area contributed by atoms with Crippen molar-refractivity contribution in [2.45, 2.75) is 50.9 Å². The Morgan fingerprint density at radius 2 is 1.97 bits per heavy atom. The van der Waals surface area contributed by atoms with Gasteiger partial charge in [-0.1, -0.05) is 18.6 Å². The van der Waals surface area contributed by atoms with Crippen LogP contribution in [0.1, 0.15) is 64.2 Å². The Kier molecular flexibility index (Phi) is 7.30. The maximum Gasteiger partial charge on any atom is 0.416 e. The van der Waals surface area contributed by atoms with Crippen LogP contribution < -0.4 is 10.6 Å². The Morgan fingerprint density at radius 1 is 1.14 bits per heavy atom. The molecule has 37 heavy (non-hydrogen) atoms. The summed E-state index contributed by atoms with van der Waals surface area (Å²) in [7, 11) is 0. The van der Waals surface area contributed by atoms with Crippen molar-refractivity contribution in [1.29, 1.82) is 0 Å². The van der Waals surface area contributed by atoms with Gasteiger partial charge in [-0.25, -0.2) is 4.98 Å². The molecule has 7 nitrogen and oxygen atoms in total. The van der Waals surface area contributed by atoms with Gasteiger partial charge < -0.3 is 10.6 Å². The highest BCUT2D eigenvalue weighted by Crippen LogP contribution is 2.41. The molecule has 196 valence electrons. The second-order valence-electron chi connectivity index (χ2n) is 10.1. The smallest absolute Gasteiger partial charge is 0.330 e. The fourth-order valence-corrected chi connectivity index (χ4v) is 5.38. The zero-order valence-corrected chi connectivity index (χ0v) is 20.5. The lowest BCUT2D eigenvalue weighted by atomic mass is 9.80. The summed E-state index contributed by atoms with van der Waals surface area (Å²) in [5.41, 5.74) is 7.70. The number of fused-ring (bicyclic) bond motifs is 1. The van der Waals surface area contributed by atoms with Gasteiger partial charge in [0.05, 0.1) is 12.1 Å². The highest BCUT2D eigenvalue weighted by Gasteiger charge is 2.41. The fourth-order valence-electron chi connectivity index (χ4n) is 5.38. The largest absolute Gasteiger partial charge is 0.416 e. The summed E-state index contributed by atoms with van der Waals surface area (Å²) >= 11 is 0. The first kappa shape index (κ1) is 25.4. The number of halogens is 3. The van der Waals surface area contributed by atoms with Crippen LogP contribution in [0.25, 0.3) is 0 Å². The summed E-state index contributed by atoms with van der Waals surface area (Å²) in [6.07, 6.45) is 2.86. The van der Waals surface area contributed by atoms with Crippen molar-refractivity contribution >= 4 is 11.6 Å². The second kappa shape index (κ2) is 10.6. The summed E-state index contributed by atoms with van der Waals surface area (Å²) < 4.78 is 41.9. The highest BCUT2D eigenvalue weighted by atomic mass is 19.4. The van der Waals surface area contributed by atoms with Crippen LogP contribution in [0.4, 0.5) is 18.9 Å². The van der Waals surface area contributed by atoms with E-state index >= 15 is 0 Å². The number of likely N-dealkylation sites (tertiary alicyclic amines) is 1. The number of nitrogens with two attached hydrogens (primary N) is 1.